The Bertz CT molecular complexity index is 1080. The highest BCUT2D eigenvalue weighted by Crippen LogP contribution is 2.20. The Morgan fingerprint density at radius 2 is 1.68 bits per heavy atom. The second kappa shape index (κ2) is 8.24. The summed E-state index contributed by atoms with van der Waals surface area (Å²) in [6.07, 6.45) is 0. The summed E-state index contributed by atoms with van der Waals surface area (Å²) in [7, 11) is -3.89. The maximum absolute atomic E-state index is 12.4. The number of sulfonamides is 1. The summed E-state index contributed by atoms with van der Waals surface area (Å²) in [4.78, 5) is 12.4. The van der Waals surface area contributed by atoms with E-state index in [4.69, 9.17) is 9.88 Å². The topological polar surface area (TPSA) is 98.5 Å². The number of carbonyl (C=O) groups is 1. The molecule has 3 N–H and O–H groups in total. The van der Waals surface area contributed by atoms with Crippen LogP contribution in [-0.4, -0.2) is 14.3 Å². The van der Waals surface area contributed by atoms with Gasteiger partial charge >= 0.3 is 0 Å². The van der Waals surface area contributed by atoms with Gasteiger partial charge in [-0.25, -0.2) is 13.6 Å². The lowest BCUT2D eigenvalue weighted by Crippen LogP contribution is -2.17. The zero-order valence-corrected chi connectivity index (χ0v) is 16.1. The third kappa shape index (κ3) is 4.97. The normalized spacial score (nSPS) is 11.1. The largest absolute Gasteiger partial charge is 0.489 e. The van der Waals surface area contributed by atoms with E-state index in [1.807, 2.05) is 30.3 Å². The monoisotopic (exact) mass is 396 g/mol. The van der Waals surface area contributed by atoms with E-state index < -0.39 is 15.9 Å². The number of hydrogen-bond acceptors (Lipinski definition) is 4. The first-order valence-corrected chi connectivity index (χ1v) is 10.1. The van der Waals surface area contributed by atoms with E-state index in [2.05, 4.69) is 5.32 Å². The van der Waals surface area contributed by atoms with E-state index >= 15 is 0 Å². The molecule has 1 amide bonds. The van der Waals surface area contributed by atoms with Gasteiger partial charge in [-0.15, -0.1) is 0 Å². The Balaban J connectivity index is 1.66. The fraction of sp³-hybridized carbons (Fsp3) is 0.0952. The fourth-order valence-electron chi connectivity index (χ4n) is 2.63. The van der Waals surface area contributed by atoms with Gasteiger partial charge in [-0.3, -0.25) is 4.79 Å². The van der Waals surface area contributed by atoms with E-state index in [0.717, 1.165) is 5.56 Å². The van der Waals surface area contributed by atoms with Crippen molar-refractivity contribution in [3.63, 3.8) is 0 Å². The first-order chi connectivity index (χ1) is 13.3. The quantitative estimate of drug-likeness (QED) is 0.666. The first kappa shape index (κ1) is 19.6. The number of hydrogen-bond donors (Lipinski definition) is 2. The number of carbonyl (C=O) groups excluding carboxylic acids is 1. The molecule has 0 aliphatic carbocycles. The van der Waals surface area contributed by atoms with Crippen LogP contribution in [0.2, 0.25) is 0 Å². The lowest BCUT2D eigenvalue weighted by molar-refractivity contribution is 0.102. The summed E-state index contributed by atoms with van der Waals surface area (Å²) in [6, 6.07) is 21.1. The molecule has 0 aliphatic heterocycles. The molecule has 3 rings (SSSR count). The summed E-state index contributed by atoms with van der Waals surface area (Å²) in [5.41, 5.74) is 2.32. The molecule has 0 spiro atoms. The number of ether oxygens (including phenoxy) is 1. The van der Waals surface area contributed by atoms with Gasteiger partial charge in [0.1, 0.15) is 12.4 Å². The zero-order valence-electron chi connectivity index (χ0n) is 15.3. The van der Waals surface area contributed by atoms with Gasteiger partial charge in [0, 0.05) is 11.3 Å². The molecule has 0 heterocycles. The molecule has 0 saturated carbocycles. The standard InChI is InChI=1S/C21H20N2O4S/c1-15-7-8-17(13-20(15)28(22,25)26)21(24)23-18-9-11-19(12-10-18)27-14-16-5-3-2-4-6-16/h2-13H,14H2,1H3,(H,23,24)(H2,22,25,26). The molecule has 6 nitrogen and oxygen atoms in total. The lowest BCUT2D eigenvalue weighted by Gasteiger charge is -2.10. The molecule has 0 aromatic heterocycles. The molecule has 144 valence electrons. The Morgan fingerprint density at radius 3 is 2.32 bits per heavy atom. The van der Waals surface area contributed by atoms with Crippen LogP contribution in [0.3, 0.4) is 0 Å². The van der Waals surface area contributed by atoms with Crippen molar-refractivity contribution in [2.24, 2.45) is 5.14 Å². The van der Waals surface area contributed by atoms with E-state index in [9.17, 15) is 13.2 Å². The van der Waals surface area contributed by atoms with Gasteiger partial charge in [0.2, 0.25) is 10.0 Å². The number of rotatable bonds is 6. The predicted molar refractivity (Wildman–Crippen MR) is 108 cm³/mol. The molecule has 0 radical (unpaired) electrons. The molecule has 0 saturated heterocycles. The van der Waals surface area contributed by atoms with Crippen LogP contribution < -0.4 is 15.2 Å². The molecular weight excluding hydrogens is 376 g/mol. The SMILES string of the molecule is Cc1ccc(C(=O)Nc2ccc(OCc3ccccc3)cc2)cc1S(N)(=O)=O. The van der Waals surface area contributed by atoms with Crippen molar-refractivity contribution in [1.82, 2.24) is 0 Å². The van der Waals surface area contributed by atoms with Crippen molar-refractivity contribution in [3.8, 4) is 5.75 Å². The summed E-state index contributed by atoms with van der Waals surface area (Å²) < 4.78 is 29.0. The average molecular weight is 396 g/mol. The number of nitrogens with one attached hydrogen (secondary N) is 1. The number of aryl methyl sites for hydroxylation is 1. The highest BCUT2D eigenvalue weighted by molar-refractivity contribution is 7.89. The number of amides is 1. The summed E-state index contributed by atoms with van der Waals surface area (Å²) in [5.74, 6) is 0.247. The van der Waals surface area contributed by atoms with E-state index in [1.54, 1.807) is 43.3 Å². The van der Waals surface area contributed by atoms with Crippen molar-refractivity contribution in [1.29, 1.82) is 0 Å². The third-order valence-electron chi connectivity index (χ3n) is 4.12. The molecule has 3 aromatic carbocycles. The molecule has 0 atom stereocenters. The van der Waals surface area contributed by atoms with Crippen LogP contribution in [0.25, 0.3) is 0 Å². The van der Waals surface area contributed by atoms with Crippen molar-refractivity contribution in [2.45, 2.75) is 18.4 Å². The van der Waals surface area contributed by atoms with Crippen LogP contribution in [0.4, 0.5) is 5.69 Å². The van der Waals surface area contributed by atoms with E-state index in [1.165, 1.54) is 6.07 Å². The summed E-state index contributed by atoms with van der Waals surface area (Å²) in [6.45, 7) is 2.07. The minimum Gasteiger partial charge on any atom is -0.489 e. The second-order valence-electron chi connectivity index (χ2n) is 6.28. The summed E-state index contributed by atoms with van der Waals surface area (Å²) >= 11 is 0. The molecular formula is C21H20N2O4S. The number of primary sulfonamides is 1. The van der Waals surface area contributed by atoms with Crippen LogP contribution in [0.15, 0.2) is 77.7 Å². The molecule has 7 heteroatoms. The Kier molecular flexibility index (Phi) is 5.77. The average Bonchev–Trinajstić information content (AvgIpc) is 2.67. The zero-order chi connectivity index (χ0) is 20.1. The maximum atomic E-state index is 12.4. The maximum Gasteiger partial charge on any atom is 0.255 e. The van der Waals surface area contributed by atoms with Gasteiger partial charge in [-0.1, -0.05) is 36.4 Å². The Morgan fingerprint density at radius 1 is 1.00 bits per heavy atom. The van der Waals surface area contributed by atoms with Crippen molar-refractivity contribution in [3.05, 3.63) is 89.5 Å². The van der Waals surface area contributed by atoms with Gasteiger partial charge < -0.3 is 10.1 Å². The number of nitrogens with two attached hydrogens (primary N) is 1. The highest BCUT2D eigenvalue weighted by Gasteiger charge is 2.15. The molecule has 0 bridgehead atoms. The van der Waals surface area contributed by atoms with Crippen molar-refractivity contribution in [2.75, 3.05) is 5.32 Å². The molecule has 0 unspecified atom stereocenters. The van der Waals surface area contributed by atoms with E-state index in [0.29, 0.717) is 23.6 Å². The summed E-state index contributed by atoms with van der Waals surface area (Å²) in [5, 5.41) is 7.92. The second-order valence-corrected chi connectivity index (χ2v) is 7.81. The number of benzene rings is 3. The molecule has 3 aromatic rings. The first-order valence-electron chi connectivity index (χ1n) is 8.54. The lowest BCUT2D eigenvalue weighted by atomic mass is 10.1. The molecule has 0 fully saturated rings. The van der Waals surface area contributed by atoms with E-state index in [-0.39, 0.29) is 10.5 Å². The number of anilines is 1. The van der Waals surface area contributed by atoms with Crippen molar-refractivity contribution >= 4 is 21.6 Å². The highest BCUT2D eigenvalue weighted by atomic mass is 32.2. The fourth-order valence-corrected chi connectivity index (χ4v) is 3.43. The Hall–Kier alpha value is -3.16. The van der Waals surface area contributed by atoms with Crippen molar-refractivity contribution < 1.29 is 17.9 Å². The minimum atomic E-state index is -3.89. The van der Waals surface area contributed by atoms with Crippen LogP contribution >= 0.6 is 0 Å². The van der Waals surface area contributed by atoms with Gasteiger partial charge in [0.25, 0.3) is 5.91 Å². The van der Waals surface area contributed by atoms with Crippen LogP contribution in [0.1, 0.15) is 21.5 Å². The van der Waals surface area contributed by atoms with Gasteiger partial charge in [0.15, 0.2) is 0 Å². The van der Waals surface area contributed by atoms with Crippen LogP contribution in [0.5, 0.6) is 5.75 Å². The van der Waals surface area contributed by atoms with Gasteiger partial charge in [-0.05, 0) is 54.4 Å². The third-order valence-corrected chi connectivity index (χ3v) is 5.17. The van der Waals surface area contributed by atoms with Gasteiger partial charge in [0.05, 0.1) is 4.90 Å². The predicted octanol–water partition coefficient (Wildman–Crippen LogP) is 3.47. The smallest absolute Gasteiger partial charge is 0.255 e. The molecule has 28 heavy (non-hydrogen) atoms. The van der Waals surface area contributed by atoms with Gasteiger partial charge in [-0.2, -0.15) is 0 Å². The van der Waals surface area contributed by atoms with Crippen LogP contribution in [0, 0.1) is 6.92 Å². The Labute approximate surface area is 164 Å². The van der Waals surface area contributed by atoms with Crippen LogP contribution in [-0.2, 0) is 16.6 Å². The molecule has 0 aliphatic rings. The minimum absolute atomic E-state index is 0.0650.